The van der Waals surface area contributed by atoms with Gasteiger partial charge in [-0.15, -0.1) is 0 Å². The van der Waals surface area contributed by atoms with Crippen LogP contribution in [0.5, 0.6) is 0 Å². The number of fused-ring (bicyclic) bond motifs is 1. The molecule has 2 heterocycles. The maximum absolute atomic E-state index is 12.7. The summed E-state index contributed by atoms with van der Waals surface area (Å²) in [7, 11) is 0. The molecule has 4 rings (SSSR count). The summed E-state index contributed by atoms with van der Waals surface area (Å²) >= 11 is 0. The number of nitrogens with zero attached hydrogens (tertiary/aromatic N) is 3. The van der Waals surface area contributed by atoms with E-state index < -0.39 is 4.92 Å². The van der Waals surface area contributed by atoms with Crippen LogP contribution in [0.15, 0.2) is 71.7 Å². The molecular weight excluding hydrogens is 370 g/mol. The van der Waals surface area contributed by atoms with E-state index in [1.54, 1.807) is 24.4 Å². The van der Waals surface area contributed by atoms with Crippen molar-refractivity contribution in [1.82, 2.24) is 15.0 Å². The number of pyridine rings is 1. The summed E-state index contributed by atoms with van der Waals surface area (Å²) in [6.45, 7) is 0.612. The second kappa shape index (κ2) is 7.89. The summed E-state index contributed by atoms with van der Waals surface area (Å²) < 4.78 is 0. The Kier molecular flexibility index (Phi) is 4.98. The van der Waals surface area contributed by atoms with Crippen LogP contribution in [0.2, 0.25) is 0 Å². The van der Waals surface area contributed by atoms with Crippen molar-refractivity contribution in [2.75, 3.05) is 11.9 Å². The van der Waals surface area contributed by atoms with E-state index in [1.807, 2.05) is 30.3 Å². The minimum atomic E-state index is -0.462. The average molecular weight is 387 g/mol. The Labute approximate surface area is 165 Å². The standard InChI is InChI=1S/C21H17N5O3/c27-20-18-17(15-6-8-16(9-7-15)26(28)29)11-13-22-19(18)24-21(25-20)23-12-10-14-4-2-1-3-5-14/h1-9,11,13H,10,12H2,(H2,22,23,24,25,27). The quantitative estimate of drug-likeness (QED) is 0.386. The smallest absolute Gasteiger partial charge is 0.269 e. The van der Waals surface area contributed by atoms with Gasteiger partial charge in [-0.2, -0.15) is 4.98 Å². The van der Waals surface area contributed by atoms with Gasteiger partial charge in [-0.3, -0.25) is 19.9 Å². The zero-order chi connectivity index (χ0) is 20.2. The lowest BCUT2D eigenvalue weighted by Crippen LogP contribution is -2.16. The number of nitro benzene ring substituents is 1. The van der Waals surface area contributed by atoms with Crippen molar-refractivity contribution in [2.24, 2.45) is 0 Å². The molecule has 0 spiro atoms. The van der Waals surface area contributed by atoms with E-state index >= 15 is 0 Å². The van der Waals surface area contributed by atoms with Gasteiger partial charge in [0.2, 0.25) is 5.95 Å². The fourth-order valence-corrected chi connectivity index (χ4v) is 3.12. The van der Waals surface area contributed by atoms with E-state index in [9.17, 15) is 14.9 Å². The molecule has 0 atom stereocenters. The molecule has 0 aliphatic heterocycles. The summed E-state index contributed by atoms with van der Waals surface area (Å²) in [4.78, 5) is 34.5. The van der Waals surface area contributed by atoms with Crippen LogP contribution in [0.25, 0.3) is 22.2 Å². The fraction of sp³-hybridized carbons (Fsp3) is 0.0952. The Morgan fingerprint density at radius 3 is 2.52 bits per heavy atom. The molecular formula is C21H17N5O3. The number of aromatic amines is 1. The van der Waals surface area contributed by atoms with E-state index in [0.29, 0.717) is 34.7 Å². The van der Waals surface area contributed by atoms with Crippen LogP contribution in [0, 0.1) is 10.1 Å². The molecule has 29 heavy (non-hydrogen) atoms. The topological polar surface area (TPSA) is 114 Å². The molecule has 0 unspecified atom stereocenters. The zero-order valence-electron chi connectivity index (χ0n) is 15.3. The SMILES string of the molecule is O=c1[nH]c(NCCc2ccccc2)nc2nccc(-c3ccc([N+](=O)[O-])cc3)c12. The number of nitro groups is 1. The van der Waals surface area contributed by atoms with Crippen LogP contribution in [0.3, 0.4) is 0 Å². The number of hydrogen-bond acceptors (Lipinski definition) is 6. The Balaban J connectivity index is 1.62. The molecule has 4 aromatic rings. The Hall–Kier alpha value is -4.07. The molecule has 2 N–H and O–H groups in total. The first-order chi connectivity index (χ1) is 14.1. The number of hydrogen-bond donors (Lipinski definition) is 2. The molecule has 0 radical (unpaired) electrons. The summed E-state index contributed by atoms with van der Waals surface area (Å²) in [5.74, 6) is 0.354. The van der Waals surface area contributed by atoms with Crippen molar-refractivity contribution in [1.29, 1.82) is 0 Å². The number of non-ortho nitro benzene ring substituents is 1. The maximum atomic E-state index is 12.7. The first kappa shape index (κ1) is 18.3. The first-order valence-corrected chi connectivity index (χ1v) is 9.03. The van der Waals surface area contributed by atoms with Gasteiger partial charge in [-0.1, -0.05) is 30.3 Å². The average Bonchev–Trinajstić information content (AvgIpc) is 2.74. The third kappa shape index (κ3) is 3.96. The lowest BCUT2D eigenvalue weighted by Gasteiger charge is -2.08. The Bertz CT molecular complexity index is 1220. The second-order valence-corrected chi connectivity index (χ2v) is 6.44. The predicted molar refractivity (Wildman–Crippen MR) is 111 cm³/mol. The minimum absolute atomic E-state index is 0.0101. The van der Waals surface area contributed by atoms with Gasteiger partial charge in [0.25, 0.3) is 11.2 Å². The first-order valence-electron chi connectivity index (χ1n) is 9.03. The van der Waals surface area contributed by atoms with Crippen molar-refractivity contribution in [3.05, 3.63) is 92.9 Å². The molecule has 0 aliphatic rings. The van der Waals surface area contributed by atoms with Gasteiger partial charge in [0.1, 0.15) is 0 Å². The molecule has 2 aromatic carbocycles. The van der Waals surface area contributed by atoms with Crippen LogP contribution < -0.4 is 10.9 Å². The van der Waals surface area contributed by atoms with Crippen molar-refractivity contribution in [3.63, 3.8) is 0 Å². The van der Waals surface area contributed by atoms with Gasteiger partial charge in [0.15, 0.2) is 5.65 Å². The fourth-order valence-electron chi connectivity index (χ4n) is 3.12. The highest BCUT2D eigenvalue weighted by atomic mass is 16.6. The molecule has 0 amide bonds. The molecule has 8 heteroatoms. The van der Waals surface area contributed by atoms with Crippen molar-refractivity contribution >= 4 is 22.7 Å². The van der Waals surface area contributed by atoms with Crippen LogP contribution >= 0.6 is 0 Å². The maximum Gasteiger partial charge on any atom is 0.269 e. The predicted octanol–water partition coefficient (Wildman–Crippen LogP) is 3.55. The molecule has 0 fully saturated rings. The van der Waals surface area contributed by atoms with Gasteiger partial charge in [0, 0.05) is 24.9 Å². The van der Waals surface area contributed by atoms with Crippen LogP contribution in [-0.2, 0) is 6.42 Å². The molecule has 8 nitrogen and oxygen atoms in total. The van der Waals surface area contributed by atoms with E-state index in [-0.39, 0.29) is 11.2 Å². The number of rotatable bonds is 6. The van der Waals surface area contributed by atoms with Crippen LogP contribution in [0.4, 0.5) is 11.6 Å². The van der Waals surface area contributed by atoms with Crippen molar-refractivity contribution in [2.45, 2.75) is 6.42 Å². The highest BCUT2D eigenvalue weighted by Gasteiger charge is 2.13. The largest absolute Gasteiger partial charge is 0.355 e. The third-order valence-electron chi connectivity index (χ3n) is 4.55. The van der Waals surface area contributed by atoms with E-state index in [0.717, 1.165) is 6.42 Å². The van der Waals surface area contributed by atoms with E-state index in [2.05, 4.69) is 20.3 Å². The van der Waals surface area contributed by atoms with Gasteiger partial charge in [-0.25, -0.2) is 4.98 Å². The van der Waals surface area contributed by atoms with Gasteiger partial charge in [-0.05, 0) is 41.3 Å². The molecule has 2 aromatic heterocycles. The lowest BCUT2D eigenvalue weighted by molar-refractivity contribution is -0.384. The van der Waals surface area contributed by atoms with Crippen molar-refractivity contribution < 1.29 is 4.92 Å². The monoisotopic (exact) mass is 387 g/mol. The van der Waals surface area contributed by atoms with E-state index in [1.165, 1.54) is 17.7 Å². The number of H-pyrrole nitrogens is 1. The summed E-state index contributed by atoms with van der Waals surface area (Å²) in [6, 6.07) is 17.7. The highest BCUT2D eigenvalue weighted by Crippen LogP contribution is 2.26. The zero-order valence-corrected chi connectivity index (χ0v) is 15.3. The Morgan fingerprint density at radius 1 is 1.03 bits per heavy atom. The summed E-state index contributed by atoms with van der Waals surface area (Å²) in [5.41, 5.74) is 2.46. The second-order valence-electron chi connectivity index (χ2n) is 6.44. The molecule has 0 bridgehead atoms. The molecule has 144 valence electrons. The number of anilines is 1. The number of aromatic nitrogens is 3. The lowest BCUT2D eigenvalue weighted by atomic mass is 10.0. The van der Waals surface area contributed by atoms with Crippen LogP contribution in [-0.4, -0.2) is 26.4 Å². The van der Waals surface area contributed by atoms with E-state index in [4.69, 9.17) is 0 Å². The Morgan fingerprint density at radius 2 is 1.79 bits per heavy atom. The normalized spacial score (nSPS) is 10.8. The number of nitrogens with one attached hydrogen (secondary N) is 2. The highest BCUT2D eigenvalue weighted by molar-refractivity contribution is 5.92. The van der Waals surface area contributed by atoms with Crippen LogP contribution in [0.1, 0.15) is 5.56 Å². The molecule has 0 saturated carbocycles. The molecule has 0 saturated heterocycles. The summed E-state index contributed by atoms with van der Waals surface area (Å²) in [5, 5.41) is 14.3. The minimum Gasteiger partial charge on any atom is -0.355 e. The summed E-state index contributed by atoms with van der Waals surface area (Å²) in [6.07, 6.45) is 2.36. The van der Waals surface area contributed by atoms with Gasteiger partial charge >= 0.3 is 0 Å². The van der Waals surface area contributed by atoms with Crippen molar-refractivity contribution in [3.8, 4) is 11.1 Å². The van der Waals surface area contributed by atoms with Gasteiger partial charge in [0.05, 0.1) is 10.3 Å². The molecule has 0 aliphatic carbocycles. The van der Waals surface area contributed by atoms with Gasteiger partial charge < -0.3 is 5.32 Å². The number of benzene rings is 2. The third-order valence-corrected chi connectivity index (χ3v) is 4.55.